The predicted molar refractivity (Wildman–Crippen MR) is 34.5 cm³/mol. The lowest BCUT2D eigenvalue weighted by atomic mass is 10.2. The van der Waals surface area contributed by atoms with Gasteiger partial charge >= 0.3 is 11.8 Å². The third-order valence-electron chi connectivity index (χ3n) is 1.07. The summed E-state index contributed by atoms with van der Waals surface area (Å²) in [5.41, 5.74) is 0. The van der Waals surface area contributed by atoms with E-state index < -0.39 is 32.6 Å². The number of carbonyl (C=O) groups excluding carboxylic acids is 1. The Kier molecular flexibility index (Phi) is 3.39. The molecule has 0 amide bonds. The Morgan fingerprint density at radius 2 is 1.64 bits per heavy atom. The van der Waals surface area contributed by atoms with Gasteiger partial charge < -0.3 is 9.90 Å². The highest BCUT2D eigenvalue weighted by Crippen LogP contribution is 2.35. The molecule has 0 aliphatic heterocycles. The highest BCUT2D eigenvalue weighted by atomic mass is 35.7. The van der Waals surface area contributed by atoms with Crippen LogP contribution in [-0.4, -0.2) is 32.0 Å². The first kappa shape index (κ1) is 13.4. The Balaban J connectivity index is 5.06. The minimum absolute atomic E-state index is 2.48. The second kappa shape index (κ2) is 3.54. The summed E-state index contributed by atoms with van der Waals surface area (Å²) in [7, 11) is -0.673. The van der Waals surface area contributed by atoms with E-state index in [0.29, 0.717) is 0 Å². The fourth-order valence-corrected chi connectivity index (χ4v) is 1.48. The molecule has 14 heavy (non-hydrogen) atoms. The van der Waals surface area contributed by atoms with Crippen molar-refractivity contribution in [2.24, 2.45) is 0 Å². The molecule has 0 aromatic carbocycles. The summed E-state index contributed by atoms with van der Waals surface area (Å²) >= 11 is 0. The van der Waals surface area contributed by atoms with Crippen LogP contribution in [0, 0.1) is 0 Å². The Morgan fingerprint density at radius 3 is 1.86 bits per heavy atom. The molecule has 10 heteroatoms. The van der Waals surface area contributed by atoms with E-state index in [1.165, 1.54) is 0 Å². The van der Waals surface area contributed by atoms with Gasteiger partial charge in [-0.2, -0.15) is 17.6 Å². The summed E-state index contributed by atoms with van der Waals surface area (Å²) in [6.07, 6.45) is 0. The minimum atomic E-state index is -5.59. The Labute approximate surface area is 79.9 Å². The van der Waals surface area contributed by atoms with Crippen molar-refractivity contribution in [2.75, 3.05) is 5.75 Å². The molecule has 0 N–H and O–H groups in total. The lowest BCUT2D eigenvalue weighted by Gasteiger charge is -2.25. The molecule has 0 fully saturated rings. The maximum atomic E-state index is 12.3. The van der Waals surface area contributed by atoms with Crippen LogP contribution >= 0.6 is 10.7 Å². The van der Waals surface area contributed by atoms with Crippen LogP contribution in [-0.2, 0) is 13.8 Å². The summed E-state index contributed by atoms with van der Waals surface area (Å²) in [4.78, 5) is 9.57. The van der Waals surface area contributed by atoms with E-state index in [4.69, 9.17) is 0 Å². The first-order valence-electron chi connectivity index (χ1n) is 2.79. The van der Waals surface area contributed by atoms with Crippen molar-refractivity contribution >= 4 is 25.7 Å². The number of hydrogen-bond acceptors (Lipinski definition) is 4. The normalized spacial score (nSPS) is 14.1. The zero-order chi connectivity index (χ0) is 11.8. The lowest BCUT2D eigenvalue weighted by molar-refractivity contribution is -0.346. The number of rotatable bonds is 4. The number of carboxylic acid groups (broad SMARTS) is 1. The molecule has 84 valence electrons. The van der Waals surface area contributed by atoms with Crippen LogP contribution in [0.2, 0.25) is 0 Å². The molecular weight excluding hydrogens is 256 g/mol. The van der Waals surface area contributed by atoms with Gasteiger partial charge in [0.05, 0.1) is 0 Å². The van der Waals surface area contributed by atoms with Crippen LogP contribution in [0.25, 0.3) is 0 Å². The molecule has 0 radical (unpaired) electrons. The van der Waals surface area contributed by atoms with Crippen LogP contribution in [0.15, 0.2) is 0 Å². The van der Waals surface area contributed by atoms with E-state index in [1.807, 2.05) is 0 Å². The van der Waals surface area contributed by atoms with Crippen LogP contribution in [0.5, 0.6) is 0 Å². The standard InChI is InChI=1S/C4H3ClF4O4S/c5-14(12,13)1-3(6,7)4(8,9)2(10)11/h1H2,(H,10,11)/p-1. The second-order valence-electron chi connectivity index (χ2n) is 2.25. The molecule has 0 aromatic rings. The minimum Gasteiger partial charge on any atom is -0.544 e. The van der Waals surface area contributed by atoms with Gasteiger partial charge in [-0.15, -0.1) is 0 Å². The van der Waals surface area contributed by atoms with Crippen molar-refractivity contribution in [3.8, 4) is 0 Å². The van der Waals surface area contributed by atoms with Crippen molar-refractivity contribution in [1.82, 2.24) is 0 Å². The van der Waals surface area contributed by atoms with Crippen LogP contribution in [0.3, 0.4) is 0 Å². The van der Waals surface area contributed by atoms with Crippen LogP contribution in [0.4, 0.5) is 17.6 Å². The number of halogens is 5. The molecule has 4 nitrogen and oxygen atoms in total. The molecule has 0 rings (SSSR count). The van der Waals surface area contributed by atoms with E-state index in [2.05, 4.69) is 10.7 Å². The fraction of sp³-hybridized carbons (Fsp3) is 0.750. The summed E-state index contributed by atoms with van der Waals surface area (Å²) < 4.78 is 69.0. The van der Waals surface area contributed by atoms with Crippen molar-refractivity contribution in [1.29, 1.82) is 0 Å². The molecule has 0 aromatic heterocycles. The Hall–Kier alpha value is -0.570. The number of hydrogen-bond donors (Lipinski definition) is 0. The molecule has 0 aliphatic carbocycles. The first-order chi connectivity index (χ1) is 5.90. The van der Waals surface area contributed by atoms with Gasteiger partial charge in [0.15, 0.2) is 0 Å². The van der Waals surface area contributed by atoms with Crippen molar-refractivity contribution in [2.45, 2.75) is 11.8 Å². The zero-order valence-corrected chi connectivity index (χ0v) is 7.71. The maximum Gasteiger partial charge on any atom is 0.350 e. The Morgan fingerprint density at radius 1 is 1.29 bits per heavy atom. The van der Waals surface area contributed by atoms with Crippen LogP contribution in [0.1, 0.15) is 0 Å². The summed E-state index contributed by atoms with van der Waals surface area (Å²) in [6, 6.07) is 0. The van der Waals surface area contributed by atoms with E-state index in [9.17, 15) is 35.9 Å². The average Bonchev–Trinajstić information content (AvgIpc) is 1.80. The molecule has 0 unspecified atom stereocenters. The first-order valence-corrected chi connectivity index (χ1v) is 5.27. The summed E-state index contributed by atoms with van der Waals surface area (Å²) in [6.45, 7) is 0. The number of carboxylic acids is 1. The van der Waals surface area contributed by atoms with E-state index >= 15 is 0 Å². The number of carbonyl (C=O) groups is 1. The Bertz CT molecular complexity index is 337. The predicted octanol–water partition coefficient (Wildman–Crippen LogP) is -0.425. The van der Waals surface area contributed by atoms with Crippen molar-refractivity contribution < 1.29 is 35.9 Å². The molecule has 0 bridgehead atoms. The van der Waals surface area contributed by atoms with Gasteiger partial charge in [0.25, 0.3) is 0 Å². The molecule has 0 heterocycles. The van der Waals surface area contributed by atoms with E-state index in [-0.39, 0.29) is 0 Å². The van der Waals surface area contributed by atoms with E-state index in [1.54, 1.807) is 0 Å². The van der Waals surface area contributed by atoms with Gasteiger partial charge in [-0.05, 0) is 0 Å². The van der Waals surface area contributed by atoms with E-state index in [0.717, 1.165) is 0 Å². The van der Waals surface area contributed by atoms with Gasteiger partial charge in [-0.3, -0.25) is 0 Å². The largest absolute Gasteiger partial charge is 0.544 e. The monoisotopic (exact) mass is 257 g/mol. The number of alkyl halides is 4. The second-order valence-corrected chi connectivity index (χ2v) is 5.03. The zero-order valence-electron chi connectivity index (χ0n) is 6.14. The smallest absolute Gasteiger partial charge is 0.350 e. The fourth-order valence-electron chi connectivity index (χ4n) is 0.456. The SMILES string of the molecule is O=C([O-])C(F)(F)C(F)(F)CS(=O)(=O)Cl. The van der Waals surface area contributed by atoms with Crippen molar-refractivity contribution in [3.63, 3.8) is 0 Å². The summed E-state index contributed by atoms with van der Waals surface area (Å²) in [5, 5.41) is 9.57. The molecule has 0 aliphatic rings. The van der Waals surface area contributed by atoms with Gasteiger partial charge in [0, 0.05) is 10.7 Å². The maximum absolute atomic E-state index is 12.3. The quantitative estimate of drug-likeness (QED) is 0.506. The van der Waals surface area contributed by atoms with Crippen molar-refractivity contribution in [3.05, 3.63) is 0 Å². The number of aliphatic carboxylic acids is 1. The third kappa shape index (κ3) is 2.98. The molecular formula is C4H2ClF4O4S-. The lowest BCUT2D eigenvalue weighted by Crippen LogP contribution is -2.56. The van der Waals surface area contributed by atoms with Crippen LogP contribution < -0.4 is 5.11 Å². The molecule has 0 atom stereocenters. The molecule has 0 saturated heterocycles. The third-order valence-corrected chi connectivity index (χ3v) is 2.10. The topological polar surface area (TPSA) is 74.3 Å². The molecule has 0 saturated carbocycles. The summed E-state index contributed by atoms with van der Waals surface area (Å²) in [5.74, 6) is -16.8. The average molecular weight is 258 g/mol. The highest BCUT2D eigenvalue weighted by Gasteiger charge is 2.59. The van der Waals surface area contributed by atoms with Gasteiger partial charge in [0.2, 0.25) is 9.05 Å². The van der Waals surface area contributed by atoms with Gasteiger partial charge in [0.1, 0.15) is 11.7 Å². The van der Waals surface area contributed by atoms with Gasteiger partial charge in [-0.1, -0.05) is 0 Å². The van der Waals surface area contributed by atoms with Gasteiger partial charge in [-0.25, -0.2) is 8.42 Å². The molecule has 0 spiro atoms. The highest BCUT2D eigenvalue weighted by molar-refractivity contribution is 8.13.